The van der Waals surface area contributed by atoms with Gasteiger partial charge in [0.2, 0.25) is 0 Å². The van der Waals surface area contributed by atoms with E-state index < -0.39 is 0 Å². The van der Waals surface area contributed by atoms with Crippen LogP contribution in [0.1, 0.15) is 16.2 Å². The van der Waals surface area contributed by atoms with Gasteiger partial charge in [-0.2, -0.15) is 0 Å². The number of benzene rings is 1. The number of nitrogens with one attached hydrogen (secondary N) is 1. The number of hydrogen-bond acceptors (Lipinski definition) is 4. The number of rotatable bonds is 3. The third-order valence-electron chi connectivity index (χ3n) is 2.80. The molecular formula is C15H12N2O2S. The van der Waals surface area contributed by atoms with Gasteiger partial charge in [-0.3, -0.25) is 10.1 Å². The number of anilines is 1. The molecule has 0 aliphatic rings. The van der Waals surface area contributed by atoms with E-state index in [1.54, 1.807) is 6.07 Å². The molecule has 2 aromatic heterocycles. The second-order valence-electron chi connectivity index (χ2n) is 4.28. The molecule has 20 heavy (non-hydrogen) atoms. The molecule has 0 aliphatic heterocycles. The Morgan fingerprint density at radius 3 is 2.75 bits per heavy atom. The SMILES string of the molecule is Cc1csc(NC(=O)c2occc2-c2ccccc2)n1. The monoisotopic (exact) mass is 284 g/mol. The van der Waals surface area contributed by atoms with Crippen LogP contribution < -0.4 is 5.32 Å². The van der Waals surface area contributed by atoms with Gasteiger partial charge in [0.15, 0.2) is 10.9 Å². The summed E-state index contributed by atoms with van der Waals surface area (Å²) in [4.78, 5) is 16.4. The molecular weight excluding hydrogens is 272 g/mol. The molecule has 0 spiro atoms. The van der Waals surface area contributed by atoms with Crippen LogP contribution in [0.5, 0.6) is 0 Å². The molecule has 3 rings (SSSR count). The van der Waals surface area contributed by atoms with Crippen LogP contribution in [-0.2, 0) is 0 Å². The van der Waals surface area contributed by atoms with E-state index in [4.69, 9.17) is 4.42 Å². The van der Waals surface area contributed by atoms with Gasteiger partial charge in [-0.05, 0) is 18.6 Å². The van der Waals surface area contributed by atoms with Crippen LogP contribution in [0.15, 0.2) is 52.5 Å². The number of carbonyl (C=O) groups is 1. The summed E-state index contributed by atoms with van der Waals surface area (Å²) in [5.41, 5.74) is 2.60. The van der Waals surface area contributed by atoms with Crippen molar-refractivity contribution >= 4 is 22.4 Å². The Hall–Kier alpha value is -2.40. The molecule has 0 saturated heterocycles. The number of aryl methyl sites for hydroxylation is 1. The van der Waals surface area contributed by atoms with Crippen molar-refractivity contribution in [1.82, 2.24) is 4.98 Å². The van der Waals surface area contributed by atoms with E-state index >= 15 is 0 Å². The van der Waals surface area contributed by atoms with Crippen molar-refractivity contribution in [2.75, 3.05) is 5.32 Å². The van der Waals surface area contributed by atoms with Crippen LogP contribution in [0.3, 0.4) is 0 Å². The zero-order chi connectivity index (χ0) is 13.9. The first kappa shape index (κ1) is 12.6. The largest absolute Gasteiger partial charge is 0.459 e. The summed E-state index contributed by atoms with van der Waals surface area (Å²) < 4.78 is 5.32. The molecule has 0 fully saturated rings. The van der Waals surface area contributed by atoms with Crippen molar-refractivity contribution in [3.05, 3.63) is 59.5 Å². The summed E-state index contributed by atoms with van der Waals surface area (Å²) in [7, 11) is 0. The maximum atomic E-state index is 12.2. The molecule has 100 valence electrons. The van der Waals surface area contributed by atoms with Crippen molar-refractivity contribution < 1.29 is 9.21 Å². The standard InChI is InChI=1S/C15H12N2O2S/c1-10-9-20-15(16-10)17-14(18)13-12(7-8-19-13)11-5-3-2-4-6-11/h2-9H,1H3,(H,16,17,18). The lowest BCUT2D eigenvalue weighted by Gasteiger charge is -2.02. The molecule has 2 heterocycles. The topological polar surface area (TPSA) is 55.1 Å². The number of nitrogens with zero attached hydrogens (tertiary/aromatic N) is 1. The average molecular weight is 284 g/mol. The summed E-state index contributed by atoms with van der Waals surface area (Å²) in [5, 5.41) is 5.21. The zero-order valence-electron chi connectivity index (χ0n) is 10.8. The highest BCUT2D eigenvalue weighted by Crippen LogP contribution is 2.26. The third kappa shape index (κ3) is 2.48. The van der Waals surface area contributed by atoms with E-state index in [-0.39, 0.29) is 5.91 Å². The van der Waals surface area contributed by atoms with Gasteiger partial charge < -0.3 is 4.42 Å². The van der Waals surface area contributed by atoms with E-state index in [0.29, 0.717) is 10.9 Å². The first-order valence-corrected chi connectivity index (χ1v) is 6.98. The molecule has 1 amide bonds. The molecule has 0 radical (unpaired) electrons. The van der Waals surface area contributed by atoms with Crippen molar-refractivity contribution in [1.29, 1.82) is 0 Å². The van der Waals surface area contributed by atoms with E-state index in [2.05, 4.69) is 10.3 Å². The van der Waals surface area contributed by atoms with Crippen molar-refractivity contribution in [3.63, 3.8) is 0 Å². The third-order valence-corrected chi connectivity index (χ3v) is 3.67. The Morgan fingerprint density at radius 1 is 1.25 bits per heavy atom. The molecule has 1 N–H and O–H groups in total. The van der Waals surface area contributed by atoms with Gasteiger partial charge in [0.1, 0.15) is 0 Å². The molecule has 0 atom stereocenters. The quantitative estimate of drug-likeness (QED) is 0.792. The Kier molecular flexibility index (Phi) is 3.35. The van der Waals surface area contributed by atoms with E-state index in [1.807, 2.05) is 42.6 Å². The van der Waals surface area contributed by atoms with Gasteiger partial charge in [-0.25, -0.2) is 4.98 Å². The number of aromatic nitrogens is 1. The predicted octanol–water partition coefficient (Wildman–Crippen LogP) is 3.96. The van der Waals surface area contributed by atoms with Gasteiger partial charge in [-0.1, -0.05) is 30.3 Å². The molecule has 5 heteroatoms. The normalized spacial score (nSPS) is 10.4. The second kappa shape index (κ2) is 5.30. The molecule has 3 aromatic rings. The Bertz CT molecular complexity index is 731. The van der Waals surface area contributed by atoms with Crippen LogP contribution in [-0.4, -0.2) is 10.9 Å². The highest BCUT2D eigenvalue weighted by molar-refractivity contribution is 7.13. The molecule has 0 saturated carbocycles. The minimum Gasteiger partial charge on any atom is -0.459 e. The fourth-order valence-corrected chi connectivity index (χ4v) is 2.58. The van der Waals surface area contributed by atoms with Crippen molar-refractivity contribution in [2.24, 2.45) is 0 Å². The first-order chi connectivity index (χ1) is 9.74. The number of furan rings is 1. The van der Waals surface area contributed by atoms with Crippen LogP contribution in [0.2, 0.25) is 0 Å². The average Bonchev–Trinajstić information content (AvgIpc) is 3.09. The van der Waals surface area contributed by atoms with Gasteiger partial charge in [0.05, 0.1) is 12.0 Å². The van der Waals surface area contributed by atoms with Gasteiger partial charge in [-0.15, -0.1) is 11.3 Å². The van der Waals surface area contributed by atoms with Gasteiger partial charge in [0, 0.05) is 10.9 Å². The van der Waals surface area contributed by atoms with Crippen LogP contribution >= 0.6 is 11.3 Å². The first-order valence-electron chi connectivity index (χ1n) is 6.10. The van der Waals surface area contributed by atoms with E-state index in [0.717, 1.165) is 16.8 Å². The van der Waals surface area contributed by atoms with Crippen LogP contribution in [0.4, 0.5) is 5.13 Å². The second-order valence-corrected chi connectivity index (χ2v) is 5.14. The maximum Gasteiger partial charge on any atom is 0.293 e. The maximum absolute atomic E-state index is 12.2. The summed E-state index contributed by atoms with van der Waals surface area (Å²) >= 11 is 1.39. The van der Waals surface area contributed by atoms with Crippen LogP contribution in [0, 0.1) is 6.92 Å². The highest BCUT2D eigenvalue weighted by Gasteiger charge is 2.17. The summed E-state index contributed by atoms with van der Waals surface area (Å²) in [6, 6.07) is 11.5. The fraction of sp³-hybridized carbons (Fsp3) is 0.0667. The Morgan fingerprint density at radius 2 is 2.05 bits per heavy atom. The molecule has 0 bridgehead atoms. The molecule has 4 nitrogen and oxygen atoms in total. The fourth-order valence-electron chi connectivity index (χ4n) is 1.90. The minimum absolute atomic E-state index is 0.289. The summed E-state index contributed by atoms with van der Waals surface area (Å²) in [6.45, 7) is 1.88. The lowest BCUT2D eigenvalue weighted by Crippen LogP contribution is -2.11. The Labute approximate surface area is 120 Å². The van der Waals surface area contributed by atoms with Crippen molar-refractivity contribution in [3.8, 4) is 11.1 Å². The van der Waals surface area contributed by atoms with Gasteiger partial charge in [0.25, 0.3) is 5.91 Å². The predicted molar refractivity (Wildman–Crippen MR) is 78.9 cm³/mol. The number of hydrogen-bond donors (Lipinski definition) is 1. The number of carbonyl (C=O) groups excluding carboxylic acids is 1. The lowest BCUT2D eigenvalue weighted by molar-refractivity contribution is 0.0997. The summed E-state index contributed by atoms with van der Waals surface area (Å²) in [5.74, 6) is 0.00672. The van der Waals surface area contributed by atoms with Gasteiger partial charge >= 0.3 is 0 Å². The number of thiazole rings is 1. The number of amides is 1. The van der Waals surface area contributed by atoms with E-state index in [9.17, 15) is 4.79 Å². The zero-order valence-corrected chi connectivity index (χ0v) is 11.6. The highest BCUT2D eigenvalue weighted by atomic mass is 32.1. The van der Waals surface area contributed by atoms with E-state index in [1.165, 1.54) is 17.6 Å². The lowest BCUT2D eigenvalue weighted by atomic mass is 10.1. The van der Waals surface area contributed by atoms with Crippen LogP contribution in [0.25, 0.3) is 11.1 Å². The minimum atomic E-state index is -0.289. The summed E-state index contributed by atoms with van der Waals surface area (Å²) in [6.07, 6.45) is 1.52. The molecule has 1 aromatic carbocycles. The molecule has 0 aliphatic carbocycles. The smallest absolute Gasteiger partial charge is 0.293 e. The van der Waals surface area contributed by atoms with Crippen molar-refractivity contribution in [2.45, 2.75) is 6.92 Å². The molecule has 0 unspecified atom stereocenters. The Balaban J connectivity index is 1.88.